The molecular weight excluding hydrogens is 244 g/mol. The fourth-order valence-corrected chi connectivity index (χ4v) is 2.85. The van der Waals surface area contributed by atoms with E-state index in [0.29, 0.717) is 0 Å². The lowest BCUT2D eigenvalue weighted by atomic mass is 10.0. The van der Waals surface area contributed by atoms with Crippen LogP contribution >= 0.6 is 0 Å². The van der Waals surface area contributed by atoms with E-state index < -0.39 is 0 Å². The maximum absolute atomic E-state index is 3.39. The molecule has 0 saturated carbocycles. The van der Waals surface area contributed by atoms with Gasteiger partial charge in [-0.3, -0.25) is 0 Å². The lowest BCUT2D eigenvalue weighted by molar-refractivity contribution is 0.711. The average Bonchev–Trinajstić information content (AvgIpc) is 2.85. The van der Waals surface area contributed by atoms with Crippen LogP contribution in [0.15, 0.2) is 48.5 Å². The highest BCUT2D eigenvalue weighted by Gasteiger charge is 2.06. The fraction of sp³-hybridized carbons (Fsp3) is 0.333. The number of fused-ring (bicyclic) bond motifs is 2. The summed E-state index contributed by atoms with van der Waals surface area (Å²) in [5, 5.41) is 6.68. The molecule has 2 aliphatic heterocycles. The molecule has 0 amide bonds. The average molecular weight is 270 g/mol. The highest BCUT2D eigenvalue weighted by Crippen LogP contribution is 2.13. The van der Waals surface area contributed by atoms with Crippen LogP contribution in [-0.4, -0.2) is 13.1 Å². The first-order chi connectivity index (χ1) is 9.93. The lowest BCUT2D eigenvalue weighted by Gasteiger charge is -2.01. The van der Waals surface area contributed by atoms with Gasteiger partial charge in [-0.05, 0) is 48.2 Å². The molecule has 0 atom stereocenters. The predicted octanol–water partition coefficient (Wildman–Crippen LogP) is 3.16. The standard InChI is InChI=1S/C10H13N.C8H9N.2H2/c1-2-4-10-6-8-11-7-5-9(10)3-1;1-2-4-8-6-9-5-7(8)3-1;;/h1-4,11H,5-8H2;1-4,9H,5-6H2;2*1H. The monoisotopic (exact) mass is 270 g/mol. The lowest BCUT2D eigenvalue weighted by Crippen LogP contribution is -2.16. The van der Waals surface area contributed by atoms with Gasteiger partial charge in [0.05, 0.1) is 0 Å². The molecule has 4 rings (SSSR count). The van der Waals surface area contributed by atoms with Crippen LogP contribution < -0.4 is 10.6 Å². The zero-order valence-electron chi connectivity index (χ0n) is 11.9. The molecule has 0 unspecified atom stereocenters. The minimum Gasteiger partial charge on any atom is -0.316 e. The molecule has 2 heterocycles. The van der Waals surface area contributed by atoms with Crippen LogP contribution in [-0.2, 0) is 25.9 Å². The normalized spacial score (nSPS) is 16.4. The predicted molar refractivity (Wildman–Crippen MR) is 87.9 cm³/mol. The zero-order valence-corrected chi connectivity index (χ0v) is 11.9. The van der Waals surface area contributed by atoms with Crippen molar-refractivity contribution in [1.29, 1.82) is 0 Å². The number of benzene rings is 2. The van der Waals surface area contributed by atoms with E-state index in [1.54, 1.807) is 0 Å². The van der Waals surface area contributed by atoms with Gasteiger partial charge in [0.2, 0.25) is 0 Å². The van der Waals surface area contributed by atoms with Crippen molar-refractivity contribution in [2.24, 2.45) is 0 Å². The van der Waals surface area contributed by atoms with Crippen molar-refractivity contribution < 1.29 is 2.85 Å². The van der Waals surface area contributed by atoms with Crippen LogP contribution in [0.25, 0.3) is 0 Å². The summed E-state index contributed by atoms with van der Waals surface area (Å²) < 4.78 is 0. The molecule has 0 saturated heterocycles. The third kappa shape index (κ3) is 3.27. The first kappa shape index (κ1) is 13.3. The Bertz CT molecular complexity index is 525. The van der Waals surface area contributed by atoms with Gasteiger partial charge in [-0.15, -0.1) is 0 Å². The maximum Gasteiger partial charge on any atom is 0.0211 e. The van der Waals surface area contributed by atoms with Crippen molar-refractivity contribution in [1.82, 2.24) is 10.6 Å². The molecule has 0 fully saturated rings. The van der Waals surface area contributed by atoms with Crippen LogP contribution in [0.3, 0.4) is 0 Å². The molecule has 2 aromatic carbocycles. The molecule has 2 aliphatic rings. The van der Waals surface area contributed by atoms with E-state index in [-0.39, 0.29) is 2.85 Å². The van der Waals surface area contributed by atoms with Gasteiger partial charge in [0.15, 0.2) is 0 Å². The third-order valence-corrected chi connectivity index (χ3v) is 4.01. The van der Waals surface area contributed by atoms with Gasteiger partial charge in [-0.2, -0.15) is 0 Å². The second-order valence-electron chi connectivity index (χ2n) is 5.39. The SMILES string of the molecule is [HH].[HH].c1ccc2c(c1)CCNCC2.c1ccc2c(c1)CNC2. The van der Waals surface area contributed by atoms with Gasteiger partial charge >= 0.3 is 0 Å². The van der Waals surface area contributed by atoms with E-state index in [0.717, 1.165) is 26.2 Å². The van der Waals surface area contributed by atoms with Crippen molar-refractivity contribution in [2.45, 2.75) is 25.9 Å². The van der Waals surface area contributed by atoms with E-state index in [9.17, 15) is 0 Å². The van der Waals surface area contributed by atoms with Crippen molar-refractivity contribution in [3.63, 3.8) is 0 Å². The summed E-state index contributed by atoms with van der Waals surface area (Å²) in [5.41, 5.74) is 5.96. The summed E-state index contributed by atoms with van der Waals surface area (Å²) in [7, 11) is 0. The van der Waals surface area contributed by atoms with Crippen LogP contribution in [0.2, 0.25) is 0 Å². The topological polar surface area (TPSA) is 24.1 Å². The Balaban J connectivity index is 0.000000205. The molecule has 0 bridgehead atoms. The van der Waals surface area contributed by atoms with Crippen molar-refractivity contribution in [2.75, 3.05) is 13.1 Å². The molecule has 2 heteroatoms. The fourth-order valence-electron chi connectivity index (χ4n) is 2.85. The minimum atomic E-state index is 0. The van der Waals surface area contributed by atoms with Crippen molar-refractivity contribution in [3.8, 4) is 0 Å². The Labute approximate surface area is 124 Å². The molecule has 2 N–H and O–H groups in total. The van der Waals surface area contributed by atoms with Gasteiger partial charge in [0, 0.05) is 15.9 Å². The second-order valence-corrected chi connectivity index (χ2v) is 5.39. The molecule has 0 spiro atoms. The Kier molecular flexibility index (Phi) is 4.46. The van der Waals surface area contributed by atoms with Crippen molar-refractivity contribution in [3.05, 3.63) is 70.8 Å². The molecule has 2 nitrogen and oxygen atoms in total. The van der Waals surface area contributed by atoms with E-state index in [2.05, 4.69) is 59.2 Å². The molecule has 0 aliphatic carbocycles. The van der Waals surface area contributed by atoms with Crippen LogP contribution in [0, 0.1) is 0 Å². The molecule has 20 heavy (non-hydrogen) atoms. The van der Waals surface area contributed by atoms with Crippen LogP contribution in [0.4, 0.5) is 0 Å². The number of hydrogen-bond donors (Lipinski definition) is 2. The smallest absolute Gasteiger partial charge is 0.0211 e. The quantitative estimate of drug-likeness (QED) is 0.768. The second kappa shape index (κ2) is 6.69. The number of hydrogen-bond acceptors (Lipinski definition) is 2. The zero-order chi connectivity index (χ0) is 13.6. The third-order valence-electron chi connectivity index (χ3n) is 4.01. The van der Waals surface area contributed by atoms with E-state index in [1.165, 1.54) is 35.1 Å². The van der Waals surface area contributed by atoms with Gasteiger partial charge in [-0.25, -0.2) is 0 Å². The van der Waals surface area contributed by atoms with Gasteiger partial charge < -0.3 is 10.6 Å². The van der Waals surface area contributed by atoms with Crippen molar-refractivity contribution >= 4 is 0 Å². The largest absolute Gasteiger partial charge is 0.316 e. The van der Waals surface area contributed by atoms with Gasteiger partial charge in [-0.1, -0.05) is 48.5 Å². The number of nitrogens with one attached hydrogen (secondary N) is 2. The molecule has 0 aromatic heterocycles. The van der Waals surface area contributed by atoms with Crippen LogP contribution in [0.5, 0.6) is 0 Å². The molecule has 108 valence electrons. The summed E-state index contributed by atoms with van der Waals surface area (Å²) in [6, 6.07) is 17.3. The first-order valence-corrected chi connectivity index (χ1v) is 7.48. The van der Waals surface area contributed by atoms with Gasteiger partial charge in [0.25, 0.3) is 0 Å². The molecule has 2 aromatic rings. The Morgan fingerprint density at radius 1 is 0.600 bits per heavy atom. The summed E-state index contributed by atoms with van der Waals surface area (Å²) in [6.07, 6.45) is 2.38. The summed E-state index contributed by atoms with van der Waals surface area (Å²) in [4.78, 5) is 0. The highest BCUT2D eigenvalue weighted by atomic mass is 14.9. The summed E-state index contributed by atoms with van der Waals surface area (Å²) in [6.45, 7) is 4.38. The number of rotatable bonds is 0. The van der Waals surface area contributed by atoms with Gasteiger partial charge in [0.1, 0.15) is 0 Å². The molecule has 0 radical (unpaired) electrons. The highest BCUT2D eigenvalue weighted by molar-refractivity contribution is 5.30. The van der Waals surface area contributed by atoms with E-state index in [1.807, 2.05) is 0 Å². The van der Waals surface area contributed by atoms with Crippen LogP contribution in [0.1, 0.15) is 25.1 Å². The Hall–Kier alpha value is -1.64. The van der Waals surface area contributed by atoms with E-state index in [4.69, 9.17) is 0 Å². The minimum absolute atomic E-state index is 0. The first-order valence-electron chi connectivity index (χ1n) is 7.48. The Morgan fingerprint density at radius 2 is 1.05 bits per heavy atom. The molecular formula is C18H26N2. The summed E-state index contributed by atoms with van der Waals surface area (Å²) in [5.74, 6) is 0. The summed E-state index contributed by atoms with van der Waals surface area (Å²) >= 11 is 0. The maximum atomic E-state index is 3.39. The van der Waals surface area contributed by atoms with E-state index >= 15 is 0 Å². The Morgan fingerprint density at radius 3 is 1.55 bits per heavy atom.